The lowest BCUT2D eigenvalue weighted by Gasteiger charge is -2.24. The number of aliphatic carboxylic acids is 1. The Hall–Kier alpha value is -3.56. The van der Waals surface area contributed by atoms with Gasteiger partial charge in [-0.1, -0.05) is 25.5 Å². The summed E-state index contributed by atoms with van der Waals surface area (Å²) in [4.78, 5) is 27.5. The number of rotatable bonds is 9. The monoisotopic (exact) mass is 491 g/mol. The number of nitrogens with zero attached hydrogens (tertiary/aromatic N) is 7. The standard InChI is InChI=1S/C26H33N7O3/c1-4-19-22(33-13-11-18(14-33)16(2)25(34)35)9-8-21(28-19)24-23(32(3)31-30-24)15-36-26-27-12-10-20(29-26)17-6-5-7-17/h8-10,12,16-18H,4-7,11,13-15H2,1-3H3,(H,34,35)/t16-,18-/m1/s1. The molecule has 0 amide bonds. The molecule has 1 saturated carbocycles. The van der Waals surface area contributed by atoms with Crippen LogP contribution in [-0.2, 0) is 24.9 Å². The molecule has 4 heterocycles. The second-order valence-electron chi connectivity index (χ2n) is 9.83. The molecule has 1 aliphatic heterocycles. The van der Waals surface area contributed by atoms with Gasteiger partial charge in [0.05, 0.1) is 28.7 Å². The van der Waals surface area contributed by atoms with Crippen molar-refractivity contribution in [2.45, 2.75) is 58.5 Å². The molecule has 10 nitrogen and oxygen atoms in total. The highest BCUT2D eigenvalue weighted by Gasteiger charge is 2.32. The number of carbonyl (C=O) groups is 1. The van der Waals surface area contributed by atoms with E-state index in [1.54, 1.807) is 17.8 Å². The molecular formula is C26H33N7O3. The fraction of sp³-hybridized carbons (Fsp3) is 0.538. The third kappa shape index (κ3) is 4.76. The lowest BCUT2D eigenvalue weighted by atomic mass is 9.83. The third-order valence-electron chi connectivity index (χ3n) is 7.65. The van der Waals surface area contributed by atoms with E-state index in [1.165, 1.54) is 19.3 Å². The van der Waals surface area contributed by atoms with Gasteiger partial charge in [-0.2, -0.15) is 4.98 Å². The summed E-state index contributed by atoms with van der Waals surface area (Å²) in [6, 6.07) is 6.36. The van der Waals surface area contributed by atoms with E-state index >= 15 is 0 Å². The molecule has 10 heteroatoms. The first-order valence-electron chi connectivity index (χ1n) is 12.8. The molecule has 0 unspecified atom stereocenters. The van der Waals surface area contributed by atoms with Crippen LogP contribution in [0.25, 0.3) is 11.4 Å². The highest BCUT2D eigenvalue weighted by molar-refractivity contribution is 5.70. The summed E-state index contributed by atoms with van der Waals surface area (Å²) in [5.41, 5.74) is 5.27. The Morgan fingerprint density at radius 2 is 2.06 bits per heavy atom. The van der Waals surface area contributed by atoms with E-state index in [0.717, 1.165) is 54.4 Å². The minimum Gasteiger partial charge on any atom is -0.481 e. The zero-order valence-electron chi connectivity index (χ0n) is 21.1. The van der Waals surface area contributed by atoms with Crippen LogP contribution < -0.4 is 9.64 Å². The number of carboxylic acid groups (broad SMARTS) is 1. The first-order valence-corrected chi connectivity index (χ1v) is 12.8. The molecule has 2 fully saturated rings. The van der Waals surface area contributed by atoms with Crippen molar-refractivity contribution in [3.05, 3.63) is 41.5 Å². The van der Waals surface area contributed by atoms with Crippen molar-refractivity contribution in [2.24, 2.45) is 18.9 Å². The predicted octanol–water partition coefficient (Wildman–Crippen LogP) is 3.62. The number of ether oxygens (including phenoxy) is 1. The van der Waals surface area contributed by atoms with Crippen molar-refractivity contribution in [1.82, 2.24) is 29.9 Å². The van der Waals surface area contributed by atoms with Gasteiger partial charge in [-0.05, 0) is 49.8 Å². The molecule has 1 saturated heterocycles. The van der Waals surface area contributed by atoms with Crippen LogP contribution in [0.2, 0.25) is 0 Å². The van der Waals surface area contributed by atoms with Crippen LogP contribution in [0, 0.1) is 11.8 Å². The fourth-order valence-corrected chi connectivity index (χ4v) is 5.02. The number of aryl methyl sites for hydroxylation is 2. The van der Waals surface area contributed by atoms with E-state index in [-0.39, 0.29) is 18.4 Å². The van der Waals surface area contributed by atoms with E-state index in [4.69, 9.17) is 9.72 Å². The molecule has 0 spiro atoms. The maximum absolute atomic E-state index is 11.4. The zero-order valence-corrected chi connectivity index (χ0v) is 21.1. The highest BCUT2D eigenvalue weighted by atomic mass is 16.5. The Morgan fingerprint density at radius 1 is 1.22 bits per heavy atom. The lowest BCUT2D eigenvalue weighted by molar-refractivity contribution is -0.142. The van der Waals surface area contributed by atoms with Gasteiger partial charge in [-0.3, -0.25) is 4.79 Å². The quantitative estimate of drug-likeness (QED) is 0.478. The smallest absolute Gasteiger partial charge is 0.316 e. The summed E-state index contributed by atoms with van der Waals surface area (Å²) in [5, 5.41) is 18.0. The summed E-state index contributed by atoms with van der Waals surface area (Å²) < 4.78 is 7.66. The van der Waals surface area contributed by atoms with Crippen LogP contribution in [0.3, 0.4) is 0 Å². The van der Waals surface area contributed by atoms with Crippen LogP contribution in [0.1, 0.15) is 62.5 Å². The van der Waals surface area contributed by atoms with Gasteiger partial charge >= 0.3 is 12.0 Å². The first kappa shape index (κ1) is 24.1. The summed E-state index contributed by atoms with van der Waals surface area (Å²) in [5.74, 6) is -0.435. The van der Waals surface area contributed by atoms with Crippen LogP contribution in [0.5, 0.6) is 6.01 Å². The largest absolute Gasteiger partial charge is 0.481 e. The van der Waals surface area contributed by atoms with E-state index < -0.39 is 5.97 Å². The SMILES string of the molecule is CCc1nc(-c2nnn(C)c2COc2nccc(C3CCC3)n2)ccc1N1CC[C@@H]([C@@H](C)C(=O)O)C1. The second kappa shape index (κ2) is 10.2. The first-order chi connectivity index (χ1) is 17.4. The number of pyridine rings is 1. The van der Waals surface area contributed by atoms with Gasteiger partial charge in [0.1, 0.15) is 18.0 Å². The molecule has 3 aromatic heterocycles. The molecule has 0 radical (unpaired) electrons. The summed E-state index contributed by atoms with van der Waals surface area (Å²) >= 11 is 0. The minimum absolute atomic E-state index is 0.139. The van der Waals surface area contributed by atoms with Crippen molar-refractivity contribution in [3.63, 3.8) is 0 Å². The summed E-state index contributed by atoms with van der Waals surface area (Å²) in [7, 11) is 1.84. The predicted molar refractivity (Wildman–Crippen MR) is 134 cm³/mol. The maximum Gasteiger partial charge on any atom is 0.316 e. The average Bonchev–Trinajstić information content (AvgIpc) is 3.48. The molecule has 1 aliphatic carbocycles. The fourth-order valence-electron chi connectivity index (χ4n) is 5.02. The molecule has 0 aromatic carbocycles. The number of carboxylic acids is 1. The van der Waals surface area contributed by atoms with Gasteiger partial charge in [-0.15, -0.1) is 5.10 Å². The van der Waals surface area contributed by atoms with Crippen molar-refractivity contribution >= 4 is 11.7 Å². The van der Waals surface area contributed by atoms with Gasteiger partial charge in [0, 0.05) is 32.3 Å². The molecule has 190 valence electrons. The van der Waals surface area contributed by atoms with Gasteiger partial charge in [-0.25, -0.2) is 14.6 Å². The van der Waals surface area contributed by atoms with Crippen molar-refractivity contribution in [1.29, 1.82) is 0 Å². The molecule has 36 heavy (non-hydrogen) atoms. The van der Waals surface area contributed by atoms with Crippen molar-refractivity contribution < 1.29 is 14.6 Å². The maximum atomic E-state index is 11.4. The summed E-state index contributed by atoms with van der Waals surface area (Å²) in [6.45, 7) is 5.67. The van der Waals surface area contributed by atoms with Gasteiger partial charge < -0.3 is 14.7 Å². The van der Waals surface area contributed by atoms with Crippen LogP contribution in [0.15, 0.2) is 24.4 Å². The van der Waals surface area contributed by atoms with Gasteiger partial charge in [0.15, 0.2) is 0 Å². The molecule has 2 atom stereocenters. The summed E-state index contributed by atoms with van der Waals surface area (Å²) in [6.07, 6.45) is 6.97. The topological polar surface area (TPSA) is 119 Å². The van der Waals surface area contributed by atoms with Crippen LogP contribution in [-0.4, -0.2) is 54.1 Å². The van der Waals surface area contributed by atoms with Crippen LogP contribution in [0.4, 0.5) is 5.69 Å². The van der Waals surface area contributed by atoms with Crippen LogP contribution >= 0.6 is 0 Å². The van der Waals surface area contributed by atoms with Crippen molar-refractivity contribution in [3.8, 4) is 17.4 Å². The minimum atomic E-state index is -0.733. The number of aromatic nitrogens is 6. The van der Waals surface area contributed by atoms with E-state index in [2.05, 4.69) is 38.2 Å². The second-order valence-corrected chi connectivity index (χ2v) is 9.83. The zero-order chi connectivity index (χ0) is 25.2. The highest BCUT2D eigenvalue weighted by Crippen LogP contribution is 2.36. The lowest BCUT2D eigenvalue weighted by Crippen LogP contribution is -2.26. The molecule has 5 rings (SSSR count). The van der Waals surface area contributed by atoms with E-state index in [1.807, 2.05) is 19.2 Å². The molecule has 0 bridgehead atoms. The van der Waals surface area contributed by atoms with Gasteiger partial charge in [0.25, 0.3) is 0 Å². The Bertz CT molecular complexity index is 1240. The van der Waals surface area contributed by atoms with Crippen molar-refractivity contribution in [2.75, 3.05) is 18.0 Å². The Balaban J connectivity index is 1.33. The molecule has 3 aromatic rings. The average molecular weight is 492 g/mol. The molecule has 1 N–H and O–H groups in total. The Morgan fingerprint density at radius 3 is 2.78 bits per heavy atom. The Labute approximate surface area is 210 Å². The van der Waals surface area contributed by atoms with E-state index in [9.17, 15) is 9.90 Å². The van der Waals surface area contributed by atoms with E-state index in [0.29, 0.717) is 17.6 Å². The number of hydrogen-bond acceptors (Lipinski definition) is 8. The molecule has 2 aliphatic rings. The van der Waals surface area contributed by atoms with Gasteiger partial charge in [0.2, 0.25) is 0 Å². The number of hydrogen-bond donors (Lipinski definition) is 1. The Kier molecular flexibility index (Phi) is 6.84. The third-order valence-corrected chi connectivity index (χ3v) is 7.65. The number of anilines is 1. The molecular weight excluding hydrogens is 458 g/mol. The normalized spacial score (nSPS) is 18.8.